The molecule has 1 aromatic rings. The van der Waals surface area contributed by atoms with E-state index in [4.69, 9.17) is 5.11 Å². The van der Waals surface area contributed by atoms with Crippen molar-refractivity contribution in [2.24, 2.45) is 0 Å². The van der Waals surface area contributed by atoms with E-state index in [1.54, 1.807) is 6.20 Å². The van der Waals surface area contributed by atoms with Gasteiger partial charge in [0.15, 0.2) is 0 Å². The van der Waals surface area contributed by atoms with Crippen LogP contribution >= 0.6 is 11.5 Å². The molecule has 0 amide bonds. The number of aliphatic hydroxyl groups is 1. The van der Waals surface area contributed by atoms with Crippen LogP contribution in [0, 0.1) is 0 Å². The maximum atomic E-state index is 9.10. The third-order valence-electron chi connectivity index (χ3n) is 2.48. The molecule has 0 saturated carbocycles. The molecule has 0 bridgehead atoms. The average Bonchev–Trinajstić information content (AvgIpc) is 2.76. The molecule has 0 radical (unpaired) electrons. The van der Waals surface area contributed by atoms with Gasteiger partial charge in [-0.1, -0.05) is 4.49 Å². The summed E-state index contributed by atoms with van der Waals surface area (Å²) >= 11 is 1.44. The molecule has 72 valence electrons. The van der Waals surface area contributed by atoms with Gasteiger partial charge >= 0.3 is 0 Å². The molecule has 1 aromatic heterocycles. The van der Waals surface area contributed by atoms with Crippen LogP contribution in [0.1, 0.15) is 17.7 Å². The van der Waals surface area contributed by atoms with Crippen LogP contribution in [0.3, 0.4) is 0 Å². The van der Waals surface area contributed by atoms with Gasteiger partial charge in [0.2, 0.25) is 0 Å². The fourth-order valence-corrected chi connectivity index (χ4v) is 2.28. The second-order valence-corrected chi connectivity index (χ2v) is 4.20. The topological polar surface area (TPSA) is 49.2 Å². The Labute approximate surface area is 81.4 Å². The lowest BCUT2D eigenvalue weighted by Crippen LogP contribution is -2.31. The number of nitrogens with zero attached hydrogens (tertiary/aromatic N) is 3. The normalized spacial score (nSPS) is 23.9. The Bertz CT molecular complexity index is 252. The van der Waals surface area contributed by atoms with Crippen LogP contribution in [0.2, 0.25) is 0 Å². The molecular weight excluding hydrogens is 186 g/mol. The Morgan fingerprint density at radius 2 is 2.62 bits per heavy atom. The lowest BCUT2D eigenvalue weighted by molar-refractivity contribution is 0.154. The van der Waals surface area contributed by atoms with Crippen molar-refractivity contribution in [3.8, 4) is 0 Å². The fraction of sp³-hybridized carbons (Fsp3) is 0.750. The highest BCUT2D eigenvalue weighted by Crippen LogP contribution is 2.19. The van der Waals surface area contributed by atoms with Gasteiger partial charge in [0.25, 0.3) is 0 Å². The van der Waals surface area contributed by atoms with Crippen molar-refractivity contribution < 1.29 is 5.11 Å². The summed E-state index contributed by atoms with van der Waals surface area (Å²) < 4.78 is 3.82. The van der Waals surface area contributed by atoms with Gasteiger partial charge in [-0.05, 0) is 30.9 Å². The highest BCUT2D eigenvalue weighted by Gasteiger charge is 2.23. The number of aromatic nitrogens is 2. The summed E-state index contributed by atoms with van der Waals surface area (Å²) in [5.41, 5.74) is 0. The van der Waals surface area contributed by atoms with E-state index in [1.165, 1.54) is 22.8 Å². The minimum atomic E-state index is 0.270. The summed E-state index contributed by atoms with van der Waals surface area (Å²) in [5, 5.41) is 12.9. The fourth-order valence-electron chi connectivity index (χ4n) is 1.77. The molecule has 1 fully saturated rings. The number of likely N-dealkylation sites (tertiary alicyclic amines) is 1. The van der Waals surface area contributed by atoms with Crippen molar-refractivity contribution >= 4 is 11.5 Å². The third kappa shape index (κ3) is 2.04. The quantitative estimate of drug-likeness (QED) is 0.770. The summed E-state index contributed by atoms with van der Waals surface area (Å²) in [6.45, 7) is 2.25. The van der Waals surface area contributed by atoms with Crippen LogP contribution in [0.25, 0.3) is 0 Å². The molecule has 1 atom stereocenters. The Morgan fingerprint density at radius 1 is 1.69 bits per heavy atom. The SMILES string of the molecule is OCC1CCCN1Cc1cnns1. The third-order valence-corrected chi connectivity index (χ3v) is 3.12. The molecular formula is C8H13N3OS. The molecule has 1 aliphatic heterocycles. The van der Waals surface area contributed by atoms with E-state index in [2.05, 4.69) is 14.5 Å². The second kappa shape index (κ2) is 4.13. The average molecular weight is 199 g/mol. The predicted octanol–water partition coefficient (Wildman–Crippen LogP) is 0.495. The van der Waals surface area contributed by atoms with Crippen LogP contribution in [0.4, 0.5) is 0 Å². The van der Waals surface area contributed by atoms with Gasteiger partial charge < -0.3 is 5.11 Å². The Morgan fingerprint density at radius 3 is 3.31 bits per heavy atom. The number of hydrogen-bond acceptors (Lipinski definition) is 5. The molecule has 0 spiro atoms. The summed E-state index contributed by atoms with van der Waals surface area (Å²) in [6, 6.07) is 0.349. The molecule has 5 heteroatoms. The number of rotatable bonds is 3. The summed E-state index contributed by atoms with van der Waals surface area (Å²) in [5.74, 6) is 0. The largest absolute Gasteiger partial charge is 0.395 e. The van der Waals surface area contributed by atoms with E-state index < -0.39 is 0 Å². The van der Waals surface area contributed by atoms with E-state index in [9.17, 15) is 0 Å². The first kappa shape index (κ1) is 9.05. The van der Waals surface area contributed by atoms with Crippen molar-refractivity contribution in [2.75, 3.05) is 13.2 Å². The second-order valence-electron chi connectivity index (χ2n) is 3.33. The molecule has 13 heavy (non-hydrogen) atoms. The van der Waals surface area contributed by atoms with Gasteiger partial charge in [0, 0.05) is 12.6 Å². The van der Waals surface area contributed by atoms with Crippen molar-refractivity contribution in [2.45, 2.75) is 25.4 Å². The lowest BCUT2D eigenvalue weighted by Gasteiger charge is -2.20. The van der Waals surface area contributed by atoms with Gasteiger partial charge in [-0.2, -0.15) is 0 Å². The van der Waals surface area contributed by atoms with Gasteiger partial charge in [-0.3, -0.25) is 4.90 Å². The predicted molar refractivity (Wildman–Crippen MR) is 50.4 cm³/mol. The summed E-state index contributed by atoms with van der Waals surface area (Å²) in [7, 11) is 0. The zero-order chi connectivity index (χ0) is 9.10. The zero-order valence-electron chi connectivity index (χ0n) is 7.39. The van der Waals surface area contributed by atoms with E-state index in [0.717, 1.165) is 19.5 Å². The summed E-state index contributed by atoms with van der Waals surface area (Å²) in [4.78, 5) is 3.48. The van der Waals surface area contributed by atoms with Gasteiger partial charge in [0.05, 0.1) is 17.7 Å². The van der Waals surface area contributed by atoms with Crippen molar-refractivity contribution in [1.82, 2.24) is 14.5 Å². The zero-order valence-corrected chi connectivity index (χ0v) is 8.20. The van der Waals surface area contributed by atoms with Crippen LogP contribution in [-0.2, 0) is 6.54 Å². The first-order chi connectivity index (χ1) is 6.40. The maximum absolute atomic E-state index is 9.10. The van der Waals surface area contributed by atoms with Crippen molar-refractivity contribution in [3.63, 3.8) is 0 Å². The van der Waals surface area contributed by atoms with Crippen molar-refractivity contribution in [1.29, 1.82) is 0 Å². The summed E-state index contributed by atoms with van der Waals surface area (Å²) in [6.07, 6.45) is 4.11. The molecule has 2 rings (SSSR count). The van der Waals surface area contributed by atoms with Crippen molar-refractivity contribution in [3.05, 3.63) is 11.1 Å². The van der Waals surface area contributed by atoms with Crippen LogP contribution in [0.5, 0.6) is 0 Å². The van der Waals surface area contributed by atoms with E-state index in [0.29, 0.717) is 6.04 Å². The van der Waals surface area contributed by atoms with Crippen LogP contribution < -0.4 is 0 Å². The molecule has 0 aromatic carbocycles. The van der Waals surface area contributed by atoms with E-state index in [-0.39, 0.29) is 6.61 Å². The van der Waals surface area contributed by atoms with E-state index >= 15 is 0 Å². The van der Waals surface area contributed by atoms with Gasteiger partial charge in [-0.15, -0.1) is 5.10 Å². The smallest absolute Gasteiger partial charge is 0.0666 e. The maximum Gasteiger partial charge on any atom is 0.0666 e. The first-order valence-electron chi connectivity index (χ1n) is 4.51. The monoisotopic (exact) mass is 199 g/mol. The molecule has 1 unspecified atom stereocenters. The number of aliphatic hydroxyl groups excluding tert-OH is 1. The molecule has 1 N–H and O–H groups in total. The molecule has 4 nitrogen and oxygen atoms in total. The molecule has 2 heterocycles. The Balaban J connectivity index is 1.94. The standard InChI is InChI=1S/C8H13N3OS/c12-6-7-2-1-3-11(7)5-8-4-9-10-13-8/h4,7,12H,1-3,5-6H2. The van der Waals surface area contributed by atoms with Crippen LogP contribution in [0.15, 0.2) is 6.20 Å². The number of hydrogen-bond donors (Lipinski definition) is 1. The minimum Gasteiger partial charge on any atom is -0.395 e. The highest BCUT2D eigenvalue weighted by molar-refractivity contribution is 7.05. The minimum absolute atomic E-state index is 0.270. The Kier molecular flexibility index (Phi) is 2.87. The van der Waals surface area contributed by atoms with Crippen LogP contribution in [-0.4, -0.2) is 38.8 Å². The Hall–Kier alpha value is -0.520. The molecule has 1 aliphatic rings. The highest BCUT2D eigenvalue weighted by atomic mass is 32.1. The molecule has 0 aliphatic carbocycles. The van der Waals surface area contributed by atoms with E-state index in [1.807, 2.05) is 0 Å². The van der Waals surface area contributed by atoms with Gasteiger partial charge in [0.1, 0.15) is 0 Å². The molecule has 1 saturated heterocycles. The van der Waals surface area contributed by atoms with Gasteiger partial charge in [-0.25, -0.2) is 0 Å². The first-order valence-corrected chi connectivity index (χ1v) is 5.28. The lowest BCUT2D eigenvalue weighted by atomic mass is 10.2.